The number of pyridine rings is 1. The summed E-state index contributed by atoms with van der Waals surface area (Å²) >= 11 is 3.27. The molecule has 0 N–H and O–H groups in total. The molecule has 0 bridgehead atoms. The summed E-state index contributed by atoms with van der Waals surface area (Å²) in [6.07, 6.45) is 0. The van der Waals surface area contributed by atoms with Crippen LogP contribution in [0.25, 0.3) is 10.9 Å². The van der Waals surface area contributed by atoms with Gasteiger partial charge >= 0.3 is 0 Å². The van der Waals surface area contributed by atoms with Crippen molar-refractivity contribution in [1.29, 1.82) is 0 Å². The molecular formula is C10H7BrFNO. The first-order valence-electron chi connectivity index (χ1n) is 4.00. The van der Waals surface area contributed by atoms with Crippen LogP contribution in [-0.2, 0) is 0 Å². The predicted molar refractivity (Wildman–Crippen MR) is 56.0 cm³/mol. The maximum Gasteiger partial charge on any atom is 0.214 e. The Hall–Kier alpha value is -1.16. The van der Waals surface area contributed by atoms with Gasteiger partial charge in [0.15, 0.2) is 0 Å². The largest absolute Gasteiger partial charge is 0.497 e. The number of benzene rings is 1. The van der Waals surface area contributed by atoms with Crippen LogP contribution in [0.15, 0.2) is 28.7 Å². The van der Waals surface area contributed by atoms with Crippen LogP contribution >= 0.6 is 15.9 Å². The second-order valence-corrected chi connectivity index (χ2v) is 3.66. The third-order valence-electron chi connectivity index (χ3n) is 1.94. The Balaban J connectivity index is 2.75. The van der Waals surface area contributed by atoms with Crippen molar-refractivity contribution in [2.75, 3.05) is 7.11 Å². The van der Waals surface area contributed by atoms with Crippen LogP contribution in [-0.4, -0.2) is 12.1 Å². The fraction of sp³-hybridized carbons (Fsp3) is 0.100. The van der Waals surface area contributed by atoms with E-state index in [1.54, 1.807) is 13.2 Å². The van der Waals surface area contributed by atoms with Gasteiger partial charge in [0, 0.05) is 22.0 Å². The lowest BCUT2D eigenvalue weighted by molar-refractivity contribution is 0.415. The quantitative estimate of drug-likeness (QED) is 0.731. The van der Waals surface area contributed by atoms with Crippen LogP contribution in [0.4, 0.5) is 4.39 Å². The zero-order chi connectivity index (χ0) is 10.1. The second kappa shape index (κ2) is 3.53. The highest BCUT2D eigenvalue weighted by Crippen LogP contribution is 2.26. The fourth-order valence-electron chi connectivity index (χ4n) is 1.26. The van der Waals surface area contributed by atoms with Crippen LogP contribution in [0.1, 0.15) is 0 Å². The minimum Gasteiger partial charge on any atom is -0.497 e. The molecule has 0 fully saturated rings. The molecule has 0 radical (unpaired) electrons. The lowest BCUT2D eigenvalue weighted by Gasteiger charge is -2.03. The van der Waals surface area contributed by atoms with Gasteiger partial charge in [-0.25, -0.2) is 4.98 Å². The number of rotatable bonds is 1. The molecule has 2 aromatic rings. The lowest BCUT2D eigenvalue weighted by Crippen LogP contribution is -1.88. The van der Waals surface area contributed by atoms with Gasteiger partial charge < -0.3 is 4.74 Å². The molecule has 0 saturated heterocycles. The van der Waals surface area contributed by atoms with Crippen LogP contribution < -0.4 is 4.74 Å². The minimum absolute atomic E-state index is 0.502. The van der Waals surface area contributed by atoms with Crippen molar-refractivity contribution in [3.8, 4) is 5.75 Å². The van der Waals surface area contributed by atoms with Crippen LogP contribution in [0, 0.1) is 5.95 Å². The average molecular weight is 256 g/mol. The zero-order valence-electron chi connectivity index (χ0n) is 7.42. The molecule has 0 aliphatic carbocycles. The molecule has 1 heterocycles. The number of methoxy groups -OCH3 is 1. The summed E-state index contributed by atoms with van der Waals surface area (Å²) in [4.78, 5) is 3.77. The molecule has 72 valence electrons. The highest BCUT2D eigenvalue weighted by Gasteiger charge is 2.04. The molecule has 0 amide bonds. The first-order chi connectivity index (χ1) is 6.70. The standard InChI is InChI=1S/C10H7BrFNO/c1-14-6-2-3-7-8(11)5-10(12)13-9(7)4-6/h2-5H,1H3. The van der Waals surface area contributed by atoms with Gasteiger partial charge in [0.1, 0.15) is 5.75 Å². The summed E-state index contributed by atoms with van der Waals surface area (Å²) < 4.78 is 18.7. The van der Waals surface area contributed by atoms with Crippen molar-refractivity contribution in [2.24, 2.45) is 0 Å². The van der Waals surface area contributed by atoms with Crippen molar-refractivity contribution in [3.05, 3.63) is 34.7 Å². The minimum atomic E-state index is -0.502. The van der Waals surface area contributed by atoms with E-state index in [9.17, 15) is 4.39 Å². The first-order valence-corrected chi connectivity index (χ1v) is 4.80. The van der Waals surface area contributed by atoms with E-state index < -0.39 is 5.95 Å². The second-order valence-electron chi connectivity index (χ2n) is 2.81. The molecule has 0 aliphatic heterocycles. The molecule has 0 unspecified atom stereocenters. The smallest absolute Gasteiger partial charge is 0.214 e. The molecular weight excluding hydrogens is 249 g/mol. The Bertz CT molecular complexity index is 487. The number of hydrogen-bond donors (Lipinski definition) is 0. The van der Waals surface area contributed by atoms with E-state index in [-0.39, 0.29) is 0 Å². The van der Waals surface area contributed by atoms with Gasteiger partial charge in [-0.05, 0) is 28.1 Å². The van der Waals surface area contributed by atoms with Gasteiger partial charge in [-0.15, -0.1) is 0 Å². The number of nitrogens with zero attached hydrogens (tertiary/aromatic N) is 1. The normalized spacial score (nSPS) is 10.5. The molecule has 0 spiro atoms. The van der Waals surface area contributed by atoms with Gasteiger partial charge in [0.05, 0.1) is 12.6 Å². The Morgan fingerprint density at radius 2 is 2.14 bits per heavy atom. The Morgan fingerprint density at radius 1 is 1.36 bits per heavy atom. The molecule has 0 atom stereocenters. The summed E-state index contributed by atoms with van der Waals surface area (Å²) in [6.45, 7) is 0. The van der Waals surface area contributed by atoms with E-state index in [1.165, 1.54) is 6.07 Å². The van der Waals surface area contributed by atoms with Crippen LogP contribution in [0.3, 0.4) is 0 Å². The van der Waals surface area contributed by atoms with Gasteiger partial charge in [-0.3, -0.25) is 0 Å². The molecule has 1 aromatic heterocycles. The summed E-state index contributed by atoms with van der Waals surface area (Å²) in [6, 6.07) is 6.69. The number of halogens is 2. The molecule has 0 saturated carbocycles. The highest BCUT2D eigenvalue weighted by atomic mass is 79.9. The van der Waals surface area contributed by atoms with Gasteiger partial charge in [-0.1, -0.05) is 0 Å². The zero-order valence-corrected chi connectivity index (χ0v) is 9.01. The van der Waals surface area contributed by atoms with Gasteiger partial charge in [0.2, 0.25) is 5.95 Å². The van der Waals surface area contributed by atoms with E-state index in [0.717, 1.165) is 5.39 Å². The monoisotopic (exact) mass is 255 g/mol. The van der Waals surface area contributed by atoms with Gasteiger partial charge in [0.25, 0.3) is 0 Å². The topological polar surface area (TPSA) is 22.1 Å². The summed E-state index contributed by atoms with van der Waals surface area (Å²) in [5.74, 6) is 0.167. The predicted octanol–water partition coefficient (Wildman–Crippen LogP) is 3.15. The van der Waals surface area contributed by atoms with Crippen molar-refractivity contribution in [2.45, 2.75) is 0 Å². The Morgan fingerprint density at radius 3 is 2.86 bits per heavy atom. The highest BCUT2D eigenvalue weighted by molar-refractivity contribution is 9.10. The summed E-state index contributed by atoms with van der Waals surface area (Å²) in [5.41, 5.74) is 0.580. The SMILES string of the molecule is COc1ccc2c(Br)cc(F)nc2c1. The fourth-order valence-corrected chi connectivity index (χ4v) is 1.79. The summed E-state index contributed by atoms with van der Waals surface area (Å²) in [7, 11) is 1.56. The van der Waals surface area contributed by atoms with Crippen LogP contribution in [0.2, 0.25) is 0 Å². The average Bonchev–Trinajstić information content (AvgIpc) is 2.16. The molecule has 4 heteroatoms. The van der Waals surface area contributed by atoms with E-state index in [4.69, 9.17) is 4.74 Å². The Kier molecular flexibility index (Phi) is 2.37. The van der Waals surface area contributed by atoms with Crippen molar-refractivity contribution < 1.29 is 9.13 Å². The van der Waals surface area contributed by atoms with Crippen molar-refractivity contribution in [1.82, 2.24) is 4.98 Å². The number of fused-ring (bicyclic) bond motifs is 1. The number of hydrogen-bond acceptors (Lipinski definition) is 2. The summed E-state index contributed by atoms with van der Waals surface area (Å²) in [5, 5.41) is 0.868. The van der Waals surface area contributed by atoms with Crippen LogP contribution in [0.5, 0.6) is 5.75 Å². The Labute approximate surface area is 88.8 Å². The third-order valence-corrected chi connectivity index (χ3v) is 2.59. The van der Waals surface area contributed by atoms with E-state index in [2.05, 4.69) is 20.9 Å². The maximum absolute atomic E-state index is 13.0. The first kappa shape index (κ1) is 9.40. The third kappa shape index (κ3) is 1.57. The molecule has 2 nitrogen and oxygen atoms in total. The van der Waals surface area contributed by atoms with Crippen molar-refractivity contribution in [3.63, 3.8) is 0 Å². The van der Waals surface area contributed by atoms with Crippen molar-refractivity contribution >= 4 is 26.8 Å². The van der Waals surface area contributed by atoms with E-state index in [1.807, 2.05) is 12.1 Å². The van der Waals surface area contributed by atoms with Gasteiger partial charge in [-0.2, -0.15) is 4.39 Å². The molecule has 2 rings (SSSR count). The molecule has 14 heavy (non-hydrogen) atoms. The molecule has 0 aliphatic rings. The van der Waals surface area contributed by atoms with E-state index in [0.29, 0.717) is 15.7 Å². The van der Waals surface area contributed by atoms with E-state index >= 15 is 0 Å². The lowest BCUT2D eigenvalue weighted by atomic mass is 10.2. The number of ether oxygens (including phenoxy) is 1. The molecule has 1 aromatic carbocycles. The number of aromatic nitrogens is 1. The maximum atomic E-state index is 13.0.